The maximum atomic E-state index is 12.9. The summed E-state index contributed by atoms with van der Waals surface area (Å²) >= 11 is 5.44. The predicted molar refractivity (Wildman–Crippen MR) is 55.8 cm³/mol. The molecule has 2 nitrogen and oxygen atoms in total. The molecule has 0 saturated heterocycles. The van der Waals surface area contributed by atoms with E-state index < -0.39 is 0 Å². The van der Waals surface area contributed by atoms with Crippen LogP contribution in [0, 0.1) is 5.82 Å². The first kappa shape index (κ1) is 11.0. The number of halogens is 2. The lowest BCUT2D eigenvalue weighted by atomic mass is 10.1. The molecule has 0 heterocycles. The molecule has 1 aromatic rings. The Bertz CT molecular complexity index is 352. The molecule has 0 radical (unpaired) electrons. The third-order valence-corrected chi connectivity index (χ3v) is 2.11. The number of benzene rings is 1. The molecular formula is C10H11ClFNO. The summed E-state index contributed by atoms with van der Waals surface area (Å²) in [6.45, 7) is 0. The van der Waals surface area contributed by atoms with Crippen LogP contribution in [0.25, 0.3) is 0 Å². The Morgan fingerprint density at radius 2 is 2.14 bits per heavy atom. The largest absolute Gasteiger partial charge is 0.377 e. The number of carbonyl (C=O) groups is 1. The third-order valence-electron chi connectivity index (χ3n) is 1.86. The van der Waals surface area contributed by atoms with E-state index in [4.69, 9.17) is 11.6 Å². The van der Waals surface area contributed by atoms with Crippen LogP contribution >= 0.6 is 11.6 Å². The molecule has 4 heteroatoms. The molecule has 0 aliphatic heterocycles. The smallest absolute Gasteiger partial charge is 0.179 e. The van der Waals surface area contributed by atoms with E-state index in [2.05, 4.69) is 0 Å². The van der Waals surface area contributed by atoms with Crippen LogP contribution in [-0.2, 0) is 0 Å². The van der Waals surface area contributed by atoms with E-state index in [1.54, 1.807) is 19.0 Å². The molecule has 76 valence electrons. The number of alkyl halides is 1. The number of nitrogens with zero attached hydrogens (tertiary/aromatic N) is 1. The van der Waals surface area contributed by atoms with Crippen LogP contribution in [-0.4, -0.2) is 25.8 Å². The predicted octanol–water partition coefficient (Wildman–Crippen LogP) is 2.31. The Morgan fingerprint density at radius 3 is 2.64 bits per heavy atom. The summed E-state index contributed by atoms with van der Waals surface area (Å²) in [6.07, 6.45) is 0. The standard InChI is InChI=1S/C10H11ClFNO/c1-13(2)9-5-7(12)3-4-8(9)10(14)6-11/h3-5H,6H2,1-2H3. The van der Waals surface area contributed by atoms with Gasteiger partial charge < -0.3 is 4.90 Å². The zero-order valence-electron chi connectivity index (χ0n) is 8.05. The highest BCUT2D eigenvalue weighted by molar-refractivity contribution is 6.31. The van der Waals surface area contributed by atoms with Crippen molar-refractivity contribution < 1.29 is 9.18 Å². The topological polar surface area (TPSA) is 20.3 Å². The van der Waals surface area contributed by atoms with Crippen LogP contribution in [0.15, 0.2) is 18.2 Å². The number of Topliss-reactive ketones (excluding diaryl/α,β-unsaturated/α-hetero) is 1. The Labute approximate surface area is 87.3 Å². The van der Waals surface area contributed by atoms with Gasteiger partial charge in [-0.05, 0) is 18.2 Å². The van der Waals surface area contributed by atoms with Gasteiger partial charge in [-0.15, -0.1) is 11.6 Å². The number of ketones is 1. The third kappa shape index (κ3) is 2.23. The van der Waals surface area contributed by atoms with Crippen LogP contribution in [0.5, 0.6) is 0 Å². The minimum atomic E-state index is -0.361. The molecule has 0 atom stereocenters. The second-order valence-electron chi connectivity index (χ2n) is 3.11. The van der Waals surface area contributed by atoms with Gasteiger partial charge in [-0.1, -0.05) is 0 Å². The maximum absolute atomic E-state index is 12.9. The zero-order chi connectivity index (χ0) is 10.7. The summed E-state index contributed by atoms with van der Waals surface area (Å²) in [5.74, 6) is -0.651. The molecule has 0 aliphatic carbocycles. The summed E-state index contributed by atoms with van der Waals surface area (Å²) in [4.78, 5) is 13.1. The van der Waals surface area contributed by atoms with Crippen molar-refractivity contribution in [1.82, 2.24) is 0 Å². The van der Waals surface area contributed by atoms with E-state index in [0.29, 0.717) is 11.3 Å². The summed E-state index contributed by atoms with van der Waals surface area (Å²) in [7, 11) is 3.50. The number of hydrogen-bond acceptors (Lipinski definition) is 2. The van der Waals surface area contributed by atoms with Gasteiger partial charge in [0.05, 0.1) is 5.88 Å². The van der Waals surface area contributed by atoms with Gasteiger partial charge in [0.1, 0.15) is 5.82 Å². The first-order valence-corrected chi connectivity index (χ1v) is 4.65. The van der Waals surface area contributed by atoms with E-state index in [-0.39, 0.29) is 17.5 Å². The molecule has 0 N–H and O–H groups in total. The van der Waals surface area contributed by atoms with Crippen LogP contribution in [0.1, 0.15) is 10.4 Å². The monoisotopic (exact) mass is 215 g/mol. The fraction of sp³-hybridized carbons (Fsp3) is 0.300. The molecule has 0 amide bonds. The Hall–Kier alpha value is -1.09. The number of carbonyl (C=O) groups excluding carboxylic acids is 1. The molecule has 1 aromatic carbocycles. The maximum Gasteiger partial charge on any atom is 0.179 e. The van der Waals surface area contributed by atoms with Crippen molar-refractivity contribution in [2.24, 2.45) is 0 Å². The van der Waals surface area contributed by atoms with Crippen molar-refractivity contribution in [3.8, 4) is 0 Å². The first-order chi connectivity index (χ1) is 6.56. The fourth-order valence-electron chi connectivity index (χ4n) is 1.18. The van der Waals surface area contributed by atoms with Crippen molar-refractivity contribution >= 4 is 23.1 Å². The molecule has 1 rings (SSSR count). The quantitative estimate of drug-likeness (QED) is 0.570. The molecule has 0 fully saturated rings. The second kappa shape index (κ2) is 4.42. The molecule has 0 aliphatic rings. The highest BCUT2D eigenvalue weighted by Crippen LogP contribution is 2.20. The van der Waals surface area contributed by atoms with E-state index in [1.807, 2.05) is 0 Å². The van der Waals surface area contributed by atoms with Gasteiger partial charge in [-0.2, -0.15) is 0 Å². The van der Waals surface area contributed by atoms with Gasteiger partial charge in [0.2, 0.25) is 0 Å². The van der Waals surface area contributed by atoms with E-state index in [9.17, 15) is 9.18 Å². The van der Waals surface area contributed by atoms with Gasteiger partial charge in [-0.3, -0.25) is 4.79 Å². The summed E-state index contributed by atoms with van der Waals surface area (Å²) in [5.41, 5.74) is 1.00. The lowest BCUT2D eigenvalue weighted by Crippen LogP contribution is -2.14. The van der Waals surface area contributed by atoms with Gasteiger partial charge >= 0.3 is 0 Å². The van der Waals surface area contributed by atoms with Crippen LogP contribution in [0.4, 0.5) is 10.1 Å². The van der Waals surface area contributed by atoms with Gasteiger partial charge in [0.15, 0.2) is 5.78 Å². The number of hydrogen-bond donors (Lipinski definition) is 0. The van der Waals surface area contributed by atoms with Crippen molar-refractivity contribution in [2.75, 3.05) is 24.9 Å². The summed E-state index contributed by atoms with van der Waals surface area (Å²) < 4.78 is 12.9. The zero-order valence-corrected chi connectivity index (χ0v) is 8.81. The first-order valence-electron chi connectivity index (χ1n) is 4.12. The van der Waals surface area contributed by atoms with Crippen LogP contribution < -0.4 is 4.90 Å². The molecule has 14 heavy (non-hydrogen) atoms. The van der Waals surface area contributed by atoms with Gasteiger partial charge in [0, 0.05) is 25.3 Å². The lowest BCUT2D eigenvalue weighted by Gasteiger charge is -2.16. The highest BCUT2D eigenvalue weighted by Gasteiger charge is 2.12. The average molecular weight is 216 g/mol. The normalized spacial score (nSPS) is 10.0. The SMILES string of the molecule is CN(C)c1cc(F)ccc1C(=O)CCl. The minimum absolute atomic E-state index is 0.0908. The fourth-order valence-corrected chi connectivity index (χ4v) is 1.33. The van der Waals surface area contributed by atoms with Crippen LogP contribution in [0.2, 0.25) is 0 Å². The van der Waals surface area contributed by atoms with Crippen molar-refractivity contribution in [1.29, 1.82) is 0 Å². The van der Waals surface area contributed by atoms with E-state index in [0.717, 1.165) is 0 Å². The lowest BCUT2D eigenvalue weighted by molar-refractivity contribution is 0.102. The van der Waals surface area contributed by atoms with E-state index in [1.165, 1.54) is 18.2 Å². The molecule has 0 spiro atoms. The number of anilines is 1. The molecule has 0 saturated carbocycles. The Morgan fingerprint density at radius 1 is 1.50 bits per heavy atom. The second-order valence-corrected chi connectivity index (χ2v) is 3.38. The number of rotatable bonds is 3. The molecule has 0 unspecified atom stereocenters. The van der Waals surface area contributed by atoms with E-state index >= 15 is 0 Å². The molecule has 0 bridgehead atoms. The minimum Gasteiger partial charge on any atom is -0.377 e. The Balaban J connectivity index is 3.21. The van der Waals surface area contributed by atoms with Gasteiger partial charge in [0.25, 0.3) is 0 Å². The Kier molecular flexibility index (Phi) is 3.47. The van der Waals surface area contributed by atoms with Crippen molar-refractivity contribution in [2.45, 2.75) is 0 Å². The summed E-state index contributed by atoms with van der Waals surface area (Å²) in [6, 6.07) is 4.03. The van der Waals surface area contributed by atoms with Crippen LogP contribution in [0.3, 0.4) is 0 Å². The summed E-state index contributed by atoms with van der Waals surface area (Å²) in [5, 5.41) is 0. The van der Waals surface area contributed by atoms with Gasteiger partial charge in [-0.25, -0.2) is 4.39 Å². The molecule has 0 aromatic heterocycles. The molecular weight excluding hydrogens is 205 g/mol. The van der Waals surface area contributed by atoms with Crippen molar-refractivity contribution in [3.05, 3.63) is 29.6 Å². The van der Waals surface area contributed by atoms with Crippen molar-refractivity contribution in [3.63, 3.8) is 0 Å². The average Bonchev–Trinajstić information content (AvgIpc) is 2.16. The highest BCUT2D eigenvalue weighted by atomic mass is 35.5.